The largest absolute Gasteiger partial charge is 0.329 e. The van der Waals surface area contributed by atoms with Gasteiger partial charge in [-0.3, -0.25) is 0 Å². The van der Waals surface area contributed by atoms with Gasteiger partial charge in [0.05, 0.1) is 0 Å². The molecule has 0 aromatic carbocycles. The van der Waals surface area contributed by atoms with Crippen molar-refractivity contribution >= 4 is 0 Å². The third-order valence-electron chi connectivity index (χ3n) is 4.15. The highest BCUT2D eigenvalue weighted by Gasteiger charge is 2.24. The fourth-order valence-electron chi connectivity index (χ4n) is 2.95. The standard InChI is InChI=1S/C14H31N3/c1-16(2)10-11-17(3)14(12-15)13-8-6-4-5-7-9-13/h13-14H,4-12,15H2,1-3H3. The van der Waals surface area contributed by atoms with E-state index in [1.807, 2.05) is 0 Å². The second-order valence-electron chi connectivity index (χ2n) is 5.84. The van der Waals surface area contributed by atoms with E-state index >= 15 is 0 Å². The minimum Gasteiger partial charge on any atom is -0.329 e. The molecular weight excluding hydrogens is 210 g/mol. The zero-order valence-corrected chi connectivity index (χ0v) is 12.0. The van der Waals surface area contributed by atoms with Crippen LogP contribution in [0, 0.1) is 5.92 Å². The molecule has 17 heavy (non-hydrogen) atoms. The van der Waals surface area contributed by atoms with Crippen molar-refractivity contribution in [3.63, 3.8) is 0 Å². The van der Waals surface area contributed by atoms with Gasteiger partial charge in [0, 0.05) is 25.7 Å². The zero-order valence-electron chi connectivity index (χ0n) is 12.0. The molecular formula is C14H31N3. The van der Waals surface area contributed by atoms with Crippen LogP contribution in [0.3, 0.4) is 0 Å². The first kappa shape index (κ1) is 14.9. The minimum absolute atomic E-state index is 0.591. The molecule has 0 bridgehead atoms. The Kier molecular flexibility index (Phi) is 7.09. The molecule has 2 N–H and O–H groups in total. The average molecular weight is 241 g/mol. The summed E-state index contributed by atoms with van der Waals surface area (Å²) in [6.07, 6.45) is 8.43. The molecule has 0 aromatic rings. The summed E-state index contributed by atoms with van der Waals surface area (Å²) in [5.41, 5.74) is 6.01. The van der Waals surface area contributed by atoms with Crippen LogP contribution in [0.5, 0.6) is 0 Å². The van der Waals surface area contributed by atoms with Crippen molar-refractivity contribution in [1.82, 2.24) is 9.80 Å². The van der Waals surface area contributed by atoms with Gasteiger partial charge in [0.2, 0.25) is 0 Å². The molecule has 3 heteroatoms. The lowest BCUT2D eigenvalue weighted by molar-refractivity contribution is 0.155. The van der Waals surface area contributed by atoms with E-state index in [0.29, 0.717) is 6.04 Å². The third-order valence-corrected chi connectivity index (χ3v) is 4.15. The lowest BCUT2D eigenvalue weighted by atomic mass is 9.91. The van der Waals surface area contributed by atoms with Gasteiger partial charge in [0.15, 0.2) is 0 Å². The summed E-state index contributed by atoms with van der Waals surface area (Å²) in [4.78, 5) is 4.73. The molecule has 0 aromatic heterocycles. The first-order chi connectivity index (χ1) is 8.15. The number of rotatable bonds is 6. The summed E-state index contributed by atoms with van der Waals surface area (Å²) in [5, 5.41) is 0. The highest BCUT2D eigenvalue weighted by atomic mass is 15.2. The van der Waals surface area contributed by atoms with Crippen molar-refractivity contribution in [2.24, 2.45) is 11.7 Å². The Morgan fingerprint density at radius 1 is 1.00 bits per heavy atom. The second-order valence-corrected chi connectivity index (χ2v) is 5.84. The maximum absolute atomic E-state index is 6.01. The van der Waals surface area contributed by atoms with Crippen LogP contribution in [-0.4, -0.2) is 56.6 Å². The summed E-state index contributed by atoms with van der Waals surface area (Å²) in [7, 11) is 6.51. The zero-order chi connectivity index (χ0) is 12.7. The molecule has 1 saturated carbocycles. The quantitative estimate of drug-likeness (QED) is 0.720. The molecule has 1 unspecified atom stereocenters. The van der Waals surface area contributed by atoms with Crippen molar-refractivity contribution in [2.45, 2.75) is 44.6 Å². The van der Waals surface area contributed by atoms with Gasteiger partial charge in [0.25, 0.3) is 0 Å². The van der Waals surface area contributed by atoms with Gasteiger partial charge >= 0.3 is 0 Å². The fourth-order valence-corrected chi connectivity index (χ4v) is 2.95. The van der Waals surface area contributed by atoms with Crippen molar-refractivity contribution in [3.8, 4) is 0 Å². The number of hydrogen-bond acceptors (Lipinski definition) is 3. The topological polar surface area (TPSA) is 32.5 Å². The van der Waals surface area contributed by atoms with Gasteiger partial charge < -0.3 is 15.5 Å². The maximum atomic E-state index is 6.01. The molecule has 1 atom stereocenters. The normalized spacial score (nSPS) is 20.8. The molecule has 1 aliphatic rings. The van der Waals surface area contributed by atoms with Crippen LogP contribution in [0.1, 0.15) is 38.5 Å². The van der Waals surface area contributed by atoms with E-state index in [-0.39, 0.29) is 0 Å². The number of likely N-dealkylation sites (N-methyl/N-ethyl adjacent to an activating group) is 2. The minimum atomic E-state index is 0.591. The molecule has 0 radical (unpaired) electrons. The second kappa shape index (κ2) is 8.06. The Hall–Kier alpha value is -0.120. The van der Waals surface area contributed by atoms with Crippen LogP contribution < -0.4 is 5.73 Å². The van der Waals surface area contributed by atoms with Crippen LogP contribution in [-0.2, 0) is 0 Å². The third kappa shape index (κ3) is 5.36. The highest BCUT2D eigenvalue weighted by Crippen LogP contribution is 2.27. The Labute approximate surface area is 107 Å². The predicted octanol–water partition coefficient (Wildman–Crippen LogP) is 1.78. The van der Waals surface area contributed by atoms with Crippen molar-refractivity contribution in [2.75, 3.05) is 40.8 Å². The molecule has 0 spiro atoms. The van der Waals surface area contributed by atoms with Gasteiger partial charge in [-0.1, -0.05) is 25.7 Å². The van der Waals surface area contributed by atoms with E-state index in [1.54, 1.807) is 0 Å². The molecule has 0 saturated heterocycles. The van der Waals surface area contributed by atoms with E-state index in [0.717, 1.165) is 25.6 Å². The molecule has 102 valence electrons. The van der Waals surface area contributed by atoms with E-state index in [4.69, 9.17) is 5.73 Å². The highest BCUT2D eigenvalue weighted by molar-refractivity contribution is 4.80. The van der Waals surface area contributed by atoms with Crippen LogP contribution in [0.25, 0.3) is 0 Å². The van der Waals surface area contributed by atoms with Crippen LogP contribution >= 0.6 is 0 Å². The molecule has 1 rings (SSSR count). The first-order valence-corrected chi connectivity index (χ1v) is 7.20. The molecule has 1 fully saturated rings. The van der Waals surface area contributed by atoms with Gasteiger partial charge in [-0.2, -0.15) is 0 Å². The van der Waals surface area contributed by atoms with Gasteiger partial charge in [-0.25, -0.2) is 0 Å². The summed E-state index contributed by atoms with van der Waals surface area (Å²) < 4.78 is 0. The summed E-state index contributed by atoms with van der Waals surface area (Å²) in [6.45, 7) is 3.07. The van der Waals surface area contributed by atoms with Crippen molar-refractivity contribution < 1.29 is 0 Å². The van der Waals surface area contributed by atoms with Crippen LogP contribution in [0.2, 0.25) is 0 Å². The SMILES string of the molecule is CN(C)CCN(C)C(CN)C1CCCCCC1. The molecule has 1 aliphatic carbocycles. The molecule has 3 nitrogen and oxygen atoms in total. The van der Waals surface area contributed by atoms with E-state index in [2.05, 4.69) is 30.9 Å². The van der Waals surface area contributed by atoms with E-state index in [9.17, 15) is 0 Å². The Morgan fingerprint density at radius 2 is 1.59 bits per heavy atom. The lowest BCUT2D eigenvalue weighted by Gasteiger charge is -2.34. The number of hydrogen-bond donors (Lipinski definition) is 1. The molecule has 0 aliphatic heterocycles. The van der Waals surface area contributed by atoms with Crippen molar-refractivity contribution in [1.29, 1.82) is 0 Å². The smallest absolute Gasteiger partial charge is 0.0244 e. The van der Waals surface area contributed by atoms with Gasteiger partial charge in [0.1, 0.15) is 0 Å². The maximum Gasteiger partial charge on any atom is 0.0244 e. The van der Waals surface area contributed by atoms with E-state index in [1.165, 1.54) is 38.5 Å². The van der Waals surface area contributed by atoms with Gasteiger partial charge in [-0.15, -0.1) is 0 Å². The monoisotopic (exact) mass is 241 g/mol. The van der Waals surface area contributed by atoms with Gasteiger partial charge in [-0.05, 0) is 39.9 Å². The van der Waals surface area contributed by atoms with Crippen LogP contribution in [0.4, 0.5) is 0 Å². The number of nitrogens with two attached hydrogens (primary N) is 1. The first-order valence-electron chi connectivity index (χ1n) is 7.20. The Balaban J connectivity index is 2.43. The van der Waals surface area contributed by atoms with Crippen molar-refractivity contribution in [3.05, 3.63) is 0 Å². The Morgan fingerprint density at radius 3 is 2.06 bits per heavy atom. The average Bonchev–Trinajstić information content (AvgIpc) is 2.56. The molecule has 0 heterocycles. The summed E-state index contributed by atoms with van der Waals surface area (Å²) in [5.74, 6) is 0.828. The fraction of sp³-hybridized carbons (Fsp3) is 1.00. The molecule has 0 amide bonds. The predicted molar refractivity (Wildman–Crippen MR) is 75.2 cm³/mol. The number of nitrogens with zero attached hydrogens (tertiary/aromatic N) is 2. The van der Waals surface area contributed by atoms with Crippen LogP contribution in [0.15, 0.2) is 0 Å². The summed E-state index contributed by atoms with van der Waals surface area (Å²) >= 11 is 0. The summed E-state index contributed by atoms with van der Waals surface area (Å²) in [6, 6.07) is 0.591. The lowest BCUT2D eigenvalue weighted by Crippen LogP contribution is -2.45. The Bertz CT molecular complexity index is 186. The van der Waals surface area contributed by atoms with E-state index < -0.39 is 0 Å².